The molecule has 12 heteroatoms. The maximum atomic E-state index is 15.1. The van der Waals surface area contributed by atoms with Crippen LogP contribution in [-0.2, 0) is 13.8 Å². The van der Waals surface area contributed by atoms with E-state index in [1.807, 2.05) is 0 Å². The number of hydrogen-bond donors (Lipinski definition) is 2. The van der Waals surface area contributed by atoms with Crippen LogP contribution in [-0.4, -0.2) is 38.9 Å². The fourth-order valence-corrected chi connectivity index (χ4v) is 3.33. The van der Waals surface area contributed by atoms with Gasteiger partial charge in [0, 0.05) is 10.8 Å². The van der Waals surface area contributed by atoms with E-state index in [0.717, 1.165) is 13.1 Å². The molecule has 1 aliphatic heterocycles. The van der Waals surface area contributed by atoms with E-state index in [1.165, 1.54) is 18.2 Å². The lowest BCUT2D eigenvalue weighted by atomic mass is 9.97. The fourth-order valence-electron chi connectivity index (χ4n) is 2.70. The zero-order valence-electron chi connectivity index (χ0n) is 14.6. The summed E-state index contributed by atoms with van der Waals surface area (Å²) < 4.78 is 57.3. The van der Waals surface area contributed by atoms with Crippen LogP contribution in [0.1, 0.15) is 13.2 Å². The van der Waals surface area contributed by atoms with Crippen molar-refractivity contribution in [3.63, 3.8) is 0 Å². The second kappa shape index (κ2) is 7.51. The van der Waals surface area contributed by atoms with Crippen LogP contribution in [0, 0.1) is 0 Å². The van der Waals surface area contributed by atoms with Crippen LogP contribution in [0.25, 0.3) is 0 Å². The maximum Gasteiger partial charge on any atom is 0.750 e. The lowest BCUT2D eigenvalue weighted by molar-refractivity contribution is -0.203. The monoisotopic (exact) mass is 416 g/mol. The van der Waals surface area contributed by atoms with Crippen molar-refractivity contribution in [3.05, 3.63) is 53.1 Å². The first kappa shape index (κ1) is 20.3. The Bertz CT molecular complexity index is 928. The van der Waals surface area contributed by atoms with Crippen LogP contribution in [0.5, 0.6) is 5.75 Å². The number of halogens is 2. The summed E-state index contributed by atoms with van der Waals surface area (Å²) in [5.41, 5.74) is 1.64. The molecule has 2 heterocycles. The minimum absolute atomic E-state index is 0.120. The molecule has 0 amide bonds. The Labute approximate surface area is 158 Å². The number of ether oxygens (including phenoxy) is 1. The number of nitrogens with zero attached hydrogens (tertiary/aromatic N) is 2. The molecule has 9 nitrogen and oxygen atoms in total. The smallest absolute Gasteiger partial charge is 0.383 e. The molecule has 3 N–H and O–H groups in total. The molecule has 3 rings (SSSR count). The number of alkyl halides is 2. The zero-order chi connectivity index (χ0) is 20.5. The van der Waals surface area contributed by atoms with E-state index in [2.05, 4.69) is 4.98 Å². The second-order valence-corrected chi connectivity index (χ2v) is 7.14. The number of rotatable bonds is 6. The highest BCUT2D eigenvalue weighted by atomic mass is 31.1. The van der Waals surface area contributed by atoms with Crippen molar-refractivity contribution in [2.75, 3.05) is 12.3 Å². The van der Waals surface area contributed by atoms with E-state index in [-0.39, 0.29) is 11.6 Å². The predicted octanol–water partition coefficient (Wildman–Crippen LogP) is 1.86. The number of nitrogen functional groups attached to an aromatic ring is 1. The highest BCUT2D eigenvalue weighted by Gasteiger charge is 2.65. The van der Waals surface area contributed by atoms with Gasteiger partial charge in [0.2, 0.25) is 0 Å². The number of benzene rings is 1. The van der Waals surface area contributed by atoms with Gasteiger partial charge >= 0.3 is 13.9 Å². The van der Waals surface area contributed by atoms with Gasteiger partial charge < -0.3 is 15.6 Å². The van der Waals surface area contributed by atoms with Crippen LogP contribution in [0.2, 0.25) is 0 Å². The molecule has 5 atom stereocenters. The van der Waals surface area contributed by atoms with E-state index in [4.69, 9.17) is 19.5 Å². The average molecular weight is 416 g/mol. The van der Waals surface area contributed by atoms with Gasteiger partial charge in [0.05, 0.1) is 0 Å². The number of hydrogen-bond acceptors (Lipinski definition) is 8. The zero-order valence-corrected chi connectivity index (χ0v) is 15.5. The van der Waals surface area contributed by atoms with Crippen molar-refractivity contribution < 1.29 is 32.2 Å². The van der Waals surface area contributed by atoms with Crippen LogP contribution in [0.3, 0.4) is 0 Å². The minimum Gasteiger partial charge on any atom is -0.383 e. The van der Waals surface area contributed by atoms with E-state index in [0.29, 0.717) is 4.57 Å². The molecular weight excluding hydrogens is 399 g/mol. The molecule has 28 heavy (non-hydrogen) atoms. The topological polar surface area (TPSA) is 126 Å². The summed E-state index contributed by atoms with van der Waals surface area (Å²) in [5.74, 6) is -3.01. The maximum absolute atomic E-state index is 15.1. The Kier molecular flexibility index (Phi) is 5.44. The van der Waals surface area contributed by atoms with Crippen molar-refractivity contribution in [2.24, 2.45) is 0 Å². The standard InChI is InChI=1S/C16H16F2N3O6P/c1-15(17)12(22)16(18,9-25-28(24)27-10-5-3-2-4-6-10)26-13(15)21-8-7-11(19)20-14(21)23/h2-8,12-13,22H,9H2,1H3,(H-,19,20,23)/p+1/t12-,13+,15+,16+/m0/s1. The van der Waals surface area contributed by atoms with Crippen LogP contribution < -0.4 is 15.9 Å². The largest absolute Gasteiger partial charge is 0.750 e. The van der Waals surface area contributed by atoms with Crippen molar-refractivity contribution in [2.45, 2.75) is 30.8 Å². The molecular formula is C16H17F2N3O6P+. The third kappa shape index (κ3) is 3.88. The summed E-state index contributed by atoms with van der Waals surface area (Å²) in [6.07, 6.45) is -3.15. The molecule has 1 aromatic carbocycles. The Morgan fingerprint density at radius 2 is 2.04 bits per heavy atom. The molecule has 1 unspecified atom stereocenters. The summed E-state index contributed by atoms with van der Waals surface area (Å²) in [4.78, 5) is 15.3. The summed E-state index contributed by atoms with van der Waals surface area (Å²) in [7, 11) is -2.83. The van der Waals surface area contributed by atoms with Gasteiger partial charge in [0.25, 0.3) is 5.85 Å². The Hall–Kier alpha value is -2.46. The molecule has 0 spiro atoms. The summed E-state index contributed by atoms with van der Waals surface area (Å²) >= 11 is 0. The predicted molar refractivity (Wildman–Crippen MR) is 93.0 cm³/mol. The average Bonchev–Trinajstić information content (AvgIpc) is 2.82. The Morgan fingerprint density at radius 1 is 1.36 bits per heavy atom. The minimum atomic E-state index is -3.10. The first-order valence-corrected chi connectivity index (χ1v) is 9.14. The third-order valence-electron chi connectivity index (χ3n) is 4.13. The quantitative estimate of drug-likeness (QED) is 0.684. The molecule has 1 saturated heterocycles. The van der Waals surface area contributed by atoms with Crippen LogP contribution >= 0.6 is 8.25 Å². The first-order valence-electron chi connectivity index (χ1n) is 8.05. The molecule has 1 aromatic heterocycles. The number of aliphatic hydroxyl groups excluding tert-OH is 1. The number of anilines is 1. The number of para-hydroxylation sites is 1. The second-order valence-electron chi connectivity index (χ2n) is 6.25. The Balaban J connectivity index is 1.74. The van der Waals surface area contributed by atoms with Crippen molar-refractivity contribution in [1.29, 1.82) is 0 Å². The van der Waals surface area contributed by atoms with E-state index < -0.39 is 44.4 Å². The number of aromatic nitrogens is 2. The van der Waals surface area contributed by atoms with Gasteiger partial charge in [0.1, 0.15) is 5.82 Å². The molecule has 1 aliphatic rings. The molecule has 0 bridgehead atoms. The molecule has 2 aromatic rings. The van der Waals surface area contributed by atoms with Gasteiger partial charge in [-0.3, -0.25) is 4.57 Å². The highest BCUT2D eigenvalue weighted by Crippen LogP contribution is 2.48. The van der Waals surface area contributed by atoms with Gasteiger partial charge in [0.15, 0.2) is 30.4 Å². The SMILES string of the molecule is C[C@]1(F)[C@H](n2ccc(N)nc2=O)O[C@](F)(CO[P+](=O)Oc2ccccc2)[C@H]1O. The molecule has 0 saturated carbocycles. The molecule has 1 fully saturated rings. The third-order valence-corrected chi connectivity index (χ3v) is 4.83. The van der Waals surface area contributed by atoms with Crippen molar-refractivity contribution >= 4 is 14.1 Å². The van der Waals surface area contributed by atoms with Crippen LogP contribution in [0.15, 0.2) is 47.4 Å². The lowest BCUT2D eigenvalue weighted by Gasteiger charge is -2.24. The van der Waals surface area contributed by atoms with Crippen LogP contribution in [0.4, 0.5) is 14.6 Å². The molecule has 0 aliphatic carbocycles. The molecule has 0 radical (unpaired) electrons. The Morgan fingerprint density at radius 3 is 2.68 bits per heavy atom. The van der Waals surface area contributed by atoms with E-state index in [1.54, 1.807) is 18.2 Å². The number of nitrogens with two attached hydrogens (primary N) is 1. The normalized spacial score (nSPS) is 30.2. The van der Waals surface area contributed by atoms with Crippen molar-refractivity contribution in [1.82, 2.24) is 9.55 Å². The number of aliphatic hydroxyl groups is 1. The summed E-state index contributed by atoms with van der Waals surface area (Å²) in [6.45, 7) is -0.254. The van der Waals surface area contributed by atoms with E-state index >= 15 is 8.78 Å². The highest BCUT2D eigenvalue weighted by molar-refractivity contribution is 7.33. The van der Waals surface area contributed by atoms with Crippen molar-refractivity contribution in [3.8, 4) is 5.75 Å². The fraction of sp³-hybridized carbons (Fsp3) is 0.375. The van der Waals surface area contributed by atoms with E-state index in [9.17, 15) is 14.5 Å². The summed E-state index contributed by atoms with van der Waals surface area (Å²) in [5, 5.41) is 10.1. The first-order chi connectivity index (χ1) is 13.1. The van der Waals surface area contributed by atoms with Gasteiger partial charge in [-0.05, 0) is 25.1 Å². The van der Waals surface area contributed by atoms with Gasteiger partial charge in [-0.2, -0.15) is 4.98 Å². The van der Waals surface area contributed by atoms with Gasteiger partial charge in [-0.1, -0.05) is 18.2 Å². The lowest BCUT2D eigenvalue weighted by Crippen LogP contribution is -2.47. The van der Waals surface area contributed by atoms with Gasteiger partial charge in [-0.25, -0.2) is 18.1 Å². The molecule has 150 valence electrons. The summed E-state index contributed by atoms with van der Waals surface area (Å²) in [6, 6.07) is 9.13. The van der Waals surface area contributed by atoms with Gasteiger partial charge in [-0.15, -0.1) is 4.52 Å².